The van der Waals surface area contributed by atoms with E-state index in [9.17, 15) is 9.59 Å². The smallest absolute Gasteiger partial charge is 0.314 e. The highest BCUT2D eigenvalue weighted by Crippen LogP contribution is 2.17. The zero-order chi connectivity index (χ0) is 12.6. The molecule has 0 spiro atoms. The van der Waals surface area contributed by atoms with Crippen LogP contribution in [-0.2, 0) is 4.79 Å². The first-order valence-electron chi connectivity index (χ1n) is 5.61. The topological polar surface area (TPSA) is 78.4 Å². The van der Waals surface area contributed by atoms with E-state index in [-0.39, 0.29) is 17.9 Å². The van der Waals surface area contributed by atoms with Gasteiger partial charge in [-0.05, 0) is 18.3 Å². The predicted octanol–water partition coefficient (Wildman–Crippen LogP) is 1.59. The van der Waals surface area contributed by atoms with Crippen LogP contribution in [0, 0.1) is 5.41 Å². The quantitative estimate of drug-likeness (QED) is 0.581. The molecule has 0 rings (SSSR count). The molecule has 0 saturated carbocycles. The molecule has 0 bridgehead atoms. The van der Waals surface area contributed by atoms with Crippen molar-refractivity contribution in [3.63, 3.8) is 0 Å². The molecule has 5 nitrogen and oxygen atoms in total. The predicted molar refractivity (Wildman–Crippen MR) is 62.3 cm³/mol. The van der Waals surface area contributed by atoms with Gasteiger partial charge in [-0.25, -0.2) is 4.79 Å². The summed E-state index contributed by atoms with van der Waals surface area (Å²) >= 11 is 0. The van der Waals surface area contributed by atoms with Crippen molar-refractivity contribution in [1.82, 2.24) is 10.6 Å². The van der Waals surface area contributed by atoms with Crippen molar-refractivity contribution in [2.45, 2.75) is 40.0 Å². The highest BCUT2D eigenvalue weighted by atomic mass is 16.4. The number of hydrogen-bond acceptors (Lipinski definition) is 2. The molecule has 16 heavy (non-hydrogen) atoms. The van der Waals surface area contributed by atoms with Gasteiger partial charge in [0, 0.05) is 19.5 Å². The van der Waals surface area contributed by atoms with Gasteiger partial charge in [0.1, 0.15) is 0 Å². The summed E-state index contributed by atoms with van der Waals surface area (Å²) in [5.74, 6) is -0.839. The monoisotopic (exact) mass is 230 g/mol. The van der Waals surface area contributed by atoms with Gasteiger partial charge in [0.2, 0.25) is 0 Å². The lowest BCUT2D eigenvalue weighted by molar-refractivity contribution is -0.137. The third-order valence-electron chi connectivity index (χ3n) is 2.54. The lowest BCUT2D eigenvalue weighted by Crippen LogP contribution is -2.40. The van der Waals surface area contributed by atoms with E-state index in [1.807, 2.05) is 0 Å². The largest absolute Gasteiger partial charge is 0.481 e. The van der Waals surface area contributed by atoms with Gasteiger partial charge in [-0.1, -0.05) is 20.8 Å². The number of rotatable bonds is 7. The van der Waals surface area contributed by atoms with Gasteiger partial charge in [0.25, 0.3) is 0 Å². The first-order chi connectivity index (χ1) is 7.37. The first kappa shape index (κ1) is 14.7. The maximum Gasteiger partial charge on any atom is 0.314 e. The number of carbonyl (C=O) groups is 2. The standard InChI is InChI=1S/C11H22N2O3/c1-4-11(2,3)8-13-10(16)12-7-5-6-9(14)15/h4-8H2,1-3H3,(H,14,15)(H2,12,13,16). The van der Waals surface area contributed by atoms with E-state index in [0.717, 1.165) is 6.42 Å². The molecule has 0 atom stereocenters. The lowest BCUT2D eigenvalue weighted by atomic mass is 9.90. The molecule has 94 valence electrons. The van der Waals surface area contributed by atoms with E-state index in [4.69, 9.17) is 5.11 Å². The minimum absolute atomic E-state index is 0.0841. The zero-order valence-corrected chi connectivity index (χ0v) is 10.3. The Morgan fingerprint density at radius 3 is 2.38 bits per heavy atom. The Morgan fingerprint density at radius 1 is 1.25 bits per heavy atom. The van der Waals surface area contributed by atoms with Crippen molar-refractivity contribution < 1.29 is 14.7 Å². The maximum atomic E-state index is 11.3. The SMILES string of the molecule is CCC(C)(C)CNC(=O)NCCCC(=O)O. The zero-order valence-electron chi connectivity index (χ0n) is 10.3. The Labute approximate surface area is 96.6 Å². The van der Waals surface area contributed by atoms with E-state index >= 15 is 0 Å². The third kappa shape index (κ3) is 8.08. The number of nitrogens with one attached hydrogen (secondary N) is 2. The highest BCUT2D eigenvalue weighted by molar-refractivity contribution is 5.73. The third-order valence-corrected chi connectivity index (χ3v) is 2.54. The van der Waals surface area contributed by atoms with E-state index in [1.54, 1.807) is 0 Å². The van der Waals surface area contributed by atoms with Crippen LogP contribution in [0.3, 0.4) is 0 Å². The summed E-state index contributed by atoms with van der Waals surface area (Å²) in [4.78, 5) is 21.5. The number of carbonyl (C=O) groups excluding carboxylic acids is 1. The molecule has 5 heteroatoms. The Morgan fingerprint density at radius 2 is 1.88 bits per heavy atom. The average Bonchev–Trinajstić information content (AvgIpc) is 2.21. The highest BCUT2D eigenvalue weighted by Gasteiger charge is 2.15. The lowest BCUT2D eigenvalue weighted by Gasteiger charge is -2.22. The number of amides is 2. The molecule has 0 aromatic rings. The molecule has 0 radical (unpaired) electrons. The summed E-state index contributed by atoms with van der Waals surface area (Å²) in [7, 11) is 0. The number of carboxylic acids is 1. The number of aliphatic carboxylic acids is 1. The van der Waals surface area contributed by atoms with Crippen LogP contribution in [0.5, 0.6) is 0 Å². The minimum Gasteiger partial charge on any atom is -0.481 e. The van der Waals surface area contributed by atoms with Gasteiger partial charge in [-0.3, -0.25) is 4.79 Å². The van der Waals surface area contributed by atoms with Crippen molar-refractivity contribution in [3.05, 3.63) is 0 Å². The molecule has 0 aliphatic carbocycles. The van der Waals surface area contributed by atoms with Gasteiger partial charge in [0.05, 0.1) is 0 Å². The maximum absolute atomic E-state index is 11.3. The van der Waals surface area contributed by atoms with Crippen LogP contribution in [0.4, 0.5) is 4.79 Å². The van der Waals surface area contributed by atoms with Gasteiger partial charge >= 0.3 is 12.0 Å². The summed E-state index contributed by atoms with van der Waals surface area (Å²) in [6, 6.07) is -0.230. The van der Waals surface area contributed by atoms with Gasteiger partial charge in [-0.2, -0.15) is 0 Å². The number of hydrogen-bond donors (Lipinski definition) is 3. The molecular weight excluding hydrogens is 208 g/mol. The van der Waals surface area contributed by atoms with Crippen LogP contribution < -0.4 is 10.6 Å². The minimum atomic E-state index is -0.839. The molecule has 0 unspecified atom stereocenters. The Hall–Kier alpha value is -1.26. The summed E-state index contributed by atoms with van der Waals surface area (Å²) in [5.41, 5.74) is 0.0956. The van der Waals surface area contributed by atoms with Gasteiger partial charge < -0.3 is 15.7 Å². The Balaban J connectivity index is 3.56. The van der Waals surface area contributed by atoms with E-state index in [2.05, 4.69) is 31.4 Å². The van der Waals surface area contributed by atoms with Crippen LogP contribution >= 0.6 is 0 Å². The Bertz CT molecular complexity index is 239. The molecule has 3 N–H and O–H groups in total. The fraction of sp³-hybridized carbons (Fsp3) is 0.818. The van der Waals surface area contributed by atoms with Crippen LogP contribution in [0.15, 0.2) is 0 Å². The van der Waals surface area contributed by atoms with Crippen molar-refractivity contribution in [2.24, 2.45) is 5.41 Å². The van der Waals surface area contributed by atoms with Crippen LogP contribution in [0.25, 0.3) is 0 Å². The first-order valence-corrected chi connectivity index (χ1v) is 5.61. The van der Waals surface area contributed by atoms with Crippen molar-refractivity contribution in [3.8, 4) is 0 Å². The van der Waals surface area contributed by atoms with Gasteiger partial charge in [-0.15, -0.1) is 0 Å². The summed E-state index contributed by atoms with van der Waals surface area (Å²) in [5, 5.41) is 13.8. The van der Waals surface area contributed by atoms with Crippen LogP contribution in [0.2, 0.25) is 0 Å². The van der Waals surface area contributed by atoms with Crippen molar-refractivity contribution in [2.75, 3.05) is 13.1 Å². The fourth-order valence-corrected chi connectivity index (χ4v) is 0.949. The second-order valence-corrected chi connectivity index (χ2v) is 4.62. The molecule has 0 saturated heterocycles. The second-order valence-electron chi connectivity index (χ2n) is 4.62. The summed E-state index contributed by atoms with van der Waals surface area (Å²) in [6.45, 7) is 7.25. The normalized spacial score (nSPS) is 10.9. The van der Waals surface area contributed by atoms with Gasteiger partial charge in [0.15, 0.2) is 0 Å². The molecule has 2 amide bonds. The number of urea groups is 1. The van der Waals surface area contributed by atoms with E-state index < -0.39 is 5.97 Å². The molecule has 0 aromatic carbocycles. The molecule has 0 aromatic heterocycles. The van der Waals surface area contributed by atoms with Crippen LogP contribution in [-0.4, -0.2) is 30.2 Å². The van der Waals surface area contributed by atoms with Crippen molar-refractivity contribution >= 4 is 12.0 Å². The average molecular weight is 230 g/mol. The summed E-state index contributed by atoms with van der Waals surface area (Å²) < 4.78 is 0. The Kier molecular flexibility index (Phi) is 6.53. The number of carboxylic acid groups (broad SMARTS) is 1. The van der Waals surface area contributed by atoms with E-state index in [1.165, 1.54) is 0 Å². The fourth-order valence-electron chi connectivity index (χ4n) is 0.949. The molecular formula is C11H22N2O3. The molecule has 0 fully saturated rings. The summed E-state index contributed by atoms with van der Waals surface area (Å²) in [6.07, 6.45) is 1.53. The molecule has 0 aliphatic rings. The molecule has 0 heterocycles. The van der Waals surface area contributed by atoms with E-state index in [0.29, 0.717) is 19.5 Å². The molecule has 0 aliphatic heterocycles. The second kappa shape index (κ2) is 7.09. The van der Waals surface area contributed by atoms with Crippen LogP contribution in [0.1, 0.15) is 40.0 Å². The van der Waals surface area contributed by atoms with Crippen molar-refractivity contribution in [1.29, 1.82) is 0 Å².